The summed E-state index contributed by atoms with van der Waals surface area (Å²) in [7, 11) is 1.24. The van der Waals surface area contributed by atoms with Crippen molar-refractivity contribution in [2.45, 2.75) is 12.2 Å². The topological polar surface area (TPSA) is 119 Å². The van der Waals surface area contributed by atoms with E-state index in [1.54, 1.807) is 6.07 Å². The molecule has 1 aromatic rings. The first kappa shape index (κ1) is 13.4. The van der Waals surface area contributed by atoms with Crippen LogP contribution in [0.5, 0.6) is 0 Å². The summed E-state index contributed by atoms with van der Waals surface area (Å²) in [5.41, 5.74) is 11.5. The molecular weight excluding hydrogens is 224 g/mol. The van der Waals surface area contributed by atoms with Crippen molar-refractivity contribution < 1.29 is 19.7 Å². The van der Waals surface area contributed by atoms with Crippen molar-refractivity contribution in [2.24, 2.45) is 5.73 Å². The Morgan fingerprint density at radius 1 is 1.47 bits per heavy atom. The van der Waals surface area contributed by atoms with Crippen LogP contribution in [0.4, 0.5) is 5.69 Å². The van der Waals surface area contributed by atoms with Gasteiger partial charge in [0.2, 0.25) is 0 Å². The molecule has 2 unspecified atom stereocenters. The number of nitrogens with two attached hydrogens (primary N) is 2. The van der Waals surface area contributed by atoms with Gasteiger partial charge in [-0.2, -0.15) is 0 Å². The van der Waals surface area contributed by atoms with Gasteiger partial charge in [-0.05, 0) is 6.07 Å². The van der Waals surface area contributed by atoms with Gasteiger partial charge in [-0.25, -0.2) is 4.79 Å². The molecule has 0 aromatic heterocycles. The number of carbonyl (C=O) groups excluding carboxylic acids is 1. The largest absolute Gasteiger partial charge is 0.465 e. The summed E-state index contributed by atoms with van der Waals surface area (Å²) in [6.07, 6.45) is -2.37. The summed E-state index contributed by atoms with van der Waals surface area (Å²) in [6.45, 7) is -0.108. The molecule has 17 heavy (non-hydrogen) atoms. The number of hydrogen-bond acceptors (Lipinski definition) is 6. The third-order valence-electron chi connectivity index (χ3n) is 2.47. The third kappa shape index (κ3) is 2.73. The summed E-state index contributed by atoms with van der Waals surface area (Å²) >= 11 is 0. The molecule has 94 valence electrons. The number of carbonyl (C=O) groups is 1. The van der Waals surface area contributed by atoms with Crippen molar-refractivity contribution >= 4 is 11.7 Å². The number of aliphatic hydroxyl groups is 2. The van der Waals surface area contributed by atoms with Crippen LogP contribution in [-0.2, 0) is 4.74 Å². The predicted molar refractivity (Wildman–Crippen MR) is 62.2 cm³/mol. The number of hydrogen-bond donors (Lipinski definition) is 4. The van der Waals surface area contributed by atoms with Gasteiger partial charge in [0.05, 0.1) is 24.5 Å². The van der Waals surface area contributed by atoms with Gasteiger partial charge in [0.1, 0.15) is 6.10 Å². The van der Waals surface area contributed by atoms with Crippen LogP contribution in [0.2, 0.25) is 0 Å². The zero-order valence-electron chi connectivity index (χ0n) is 9.46. The van der Waals surface area contributed by atoms with E-state index in [1.165, 1.54) is 19.2 Å². The van der Waals surface area contributed by atoms with Crippen molar-refractivity contribution in [3.8, 4) is 0 Å². The summed E-state index contributed by atoms with van der Waals surface area (Å²) in [5.74, 6) is -0.598. The first-order chi connectivity index (χ1) is 8.02. The molecular formula is C11H16N2O4. The van der Waals surface area contributed by atoms with Crippen molar-refractivity contribution in [3.05, 3.63) is 29.3 Å². The molecule has 0 aliphatic rings. The number of ether oxygens (including phenoxy) is 1. The fourth-order valence-corrected chi connectivity index (χ4v) is 1.47. The van der Waals surface area contributed by atoms with E-state index in [2.05, 4.69) is 4.74 Å². The normalized spacial score (nSPS) is 14.1. The maximum Gasteiger partial charge on any atom is 0.339 e. The average molecular weight is 240 g/mol. The zero-order valence-corrected chi connectivity index (χ0v) is 9.46. The second-order valence-corrected chi connectivity index (χ2v) is 3.55. The minimum atomic E-state index is -1.23. The Hall–Kier alpha value is -1.63. The van der Waals surface area contributed by atoms with E-state index in [9.17, 15) is 15.0 Å². The van der Waals surface area contributed by atoms with Gasteiger partial charge in [-0.1, -0.05) is 12.1 Å². The highest BCUT2D eigenvalue weighted by Crippen LogP contribution is 2.26. The molecule has 0 bridgehead atoms. The van der Waals surface area contributed by atoms with Gasteiger partial charge in [-0.3, -0.25) is 0 Å². The molecule has 0 spiro atoms. The van der Waals surface area contributed by atoms with Crippen LogP contribution < -0.4 is 11.5 Å². The molecule has 0 aliphatic carbocycles. The highest BCUT2D eigenvalue weighted by Gasteiger charge is 2.22. The van der Waals surface area contributed by atoms with Crippen LogP contribution in [0.15, 0.2) is 18.2 Å². The van der Waals surface area contributed by atoms with Crippen LogP contribution in [0.3, 0.4) is 0 Å². The number of aliphatic hydroxyl groups excluding tert-OH is 2. The maximum atomic E-state index is 11.4. The summed E-state index contributed by atoms with van der Waals surface area (Å²) in [5, 5.41) is 19.2. The molecule has 0 radical (unpaired) electrons. The molecule has 0 heterocycles. The number of anilines is 1. The van der Waals surface area contributed by atoms with Gasteiger partial charge >= 0.3 is 5.97 Å². The van der Waals surface area contributed by atoms with Gasteiger partial charge in [0, 0.05) is 12.1 Å². The molecule has 2 atom stereocenters. The Kier molecular flexibility index (Phi) is 4.45. The van der Waals surface area contributed by atoms with Gasteiger partial charge in [0.15, 0.2) is 0 Å². The van der Waals surface area contributed by atoms with Gasteiger partial charge < -0.3 is 26.4 Å². The fraction of sp³-hybridized carbons (Fsp3) is 0.364. The Morgan fingerprint density at radius 2 is 2.12 bits per heavy atom. The molecule has 0 aliphatic heterocycles. The number of methoxy groups -OCH3 is 1. The number of nitrogen functional groups attached to an aromatic ring is 1. The SMILES string of the molecule is COC(=O)c1cccc(C(O)C(O)CN)c1N. The molecule has 1 aromatic carbocycles. The molecule has 0 amide bonds. The van der Waals surface area contributed by atoms with Crippen molar-refractivity contribution in [1.29, 1.82) is 0 Å². The van der Waals surface area contributed by atoms with E-state index < -0.39 is 18.2 Å². The van der Waals surface area contributed by atoms with Crippen LogP contribution in [-0.4, -0.2) is 35.9 Å². The number of esters is 1. The average Bonchev–Trinajstić information content (AvgIpc) is 2.36. The van der Waals surface area contributed by atoms with Gasteiger partial charge in [0.25, 0.3) is 0 Å². The quantitative estimate of drug-likeness (QED) is 0.412. The number of benzene rings is 1. The first-order valence-corrected chi connectivity index (χ1v) is 5.05. The lowest BCUT2D eigenvalue weighted by molar-refractivity contribution is 0.0247. The Labute approximate surface area is 98.8 Å². The summed E-state index contributed by atoms with van der Waals surface area (Å²) < 4.78 is 4.55. The molecule has 6 heteroatoms. The van der Waals surface area contributed by atoms with E-state index in [-0.39, 0.29) is 23.4 Å². The van der Waals surface area contributed by atoms with E-state index in [4.69, 9.17) is 11.5 Å². The molecule has 0 fully saturated rings. The molecule has 1 rings (SSSR count). The lowest BCUT2D eigenvalue weighted by Gasteiger charge is -2.19. The molecule has 0 saturated heterocycles. The van der Waals surface area contributed by atoms with Crippen molar-refractivity contribution in [3.63, 3.8) is 0 Å². The van der Waals surface area contributed by atoms with Crippen LogP contribution in [0, 0.1) is 0 Å². The van der Waals surface area contributed by atoms with Crippen LogP contribution >= 0.6 is 0 Å². The second-order valence-electron chi connectivity index (χ2n) is 3.55. The van der Waals surface area contributed by atoms with Crippen molar-refractivity contribution in [1.82, 2.24) is 0 Å². The highest BCUT2D eigenvalue weighted by atomic mass is 16.5. The van der Waals surface area contributed by atoms with Crippen LogP contribution in [0.1, 0.15) is 22.0 Å². The smallest absolute Gasteiger partial charge is 0.339 e. The molecule has 0 saturated carbocycles. The zero-order chi connectivity index (χ0) is 13.0. The summed E-state index contributed by atoms with van der Waals surface area (Å²) in [6, 6.07) is 4.54. The van der Waals surface area contributed by atoms with E-state index >= 15 is 0 Å². The predicted octanol–water partition coefficient (Wildman–Crippen LogP) is -0.592. The van der Waals surface area contributed by atoms with Crippen LogP contribution in [0.25, 0.3) is 0 Å². The minimum absolute atomic E-state index is 0.0827. The minimum Gasteiger partial charge on any atom is -0.465 e. The van der Waals surface area contributed by atoms with E-state index in [1.807, 2.05) is 0 Å². The Balaban J connectivity index is 3.14. The molecule has 6 nitrogen and oxygen atoms in total. The fourth-order valence-electron chi connectivity index (χ4n) is 1.47. The van der Waals surface area contributed by atoms with Gasteiger partial charge in [-0.15, -0.1) is 0 Å². The standard InChI is InChI=1S/C11H16N2O4/c1-17-11(16)7-4-2-3-6(9(7)13)10(15)8(14)5-12/h2-4,8,10,14-15H,5,12-13H2,1H3. The number of rotatable bonds is 4. The third-order valence-corrected chi connectivity index (χ3v) is 2.47. The maximum absolute atomic E-state index is 11.4. The lowest BCUT2D eigenvalue weighted by Crippen LogP contribution is -2.28. The highest BCUT2D eigenvalue weighted by molar-refractivity contribution is 5.95. The van der Waals surface area contributed by atoms with E-state index in [0.717, 1.165) is 0 Å². The lowest BCUT2D eigenvalue weighted by atomic mass is 9.99. The Bertz CT molecular complexity index is 408. The first-order valence-electron chi connectivity index (χ1n) is 5.05. The second kappa shape index (κ2) is 5.62. The number of para-hydroxylation sites is 1. The Morgan fingerprint density at radius 3 is 2.65 bits per heavy atom. The van der Waals surface area contributed by atoms with Crippen molar-refractivity contribution in [2.75, 3.05) is 19.4 Å². The molecule has 6 N–H and O–H groups in total. The monoisotopic (exact) mass is 240 g/mol. The van der Waals surface area contributed by atoms with E-state index in [0.29, 0.717) is 0 Å². The summed E-state index contributed by atoms with van der Waals surface area (Å²) in [4.78, 5) is 11.4.